The third-order valence-electron chi connectivity index (χ3n) is 4.57. The molecule has 0 aliphatic carbocycles. The molecular weight excluding hydrogens is 391 g/mol. The van der Waals surface area contributed by atoms with Gasteiger partial charge in [0.1, 0.15) is 5.82 Å². The van der Waals surface area contributed by atoms with E-state index in [1.807, 2.05) is 0 Å². The molecule has 4 amide bonds. The maximum absolute atomic E-state index is 13.5. The van der Waals surface area contributed by atoms with Gasteiger partial charge in [0.05, 0.1) is 5.56 Å². The average molecular weight is 414 g/mol. The first-order valence-electron chi connectivity index (χ1n) is 9.53. The number of urea groups is 1. The minimum atomic E-state index is -1.17. The largest absolute Gasteiger partial charge is 0.351 e. The molecule has 9 nitrogen and oxygen atoms in total. The molecule has 1 atom stereocenters. The van der Waals surface area contributed by atoms with Crippen molar-refractivity contribution in [2.24, 2.45) is 5.73 Å². The van der Waals surface area contributed by atoms with Gasteiger partial charge in [-0.3, -0.25) is 19.5 Å². The van der Waals surface area contributed by atoms with E-state index in [4.69, 9.17) is 5.73 Å². The van der Waals surface area contributed by atoms with Gasteiger partial charge in [-0.15, -0.1) is 0 Å². The molecule has 0 bridgehead atoms. The summed E-state index contributed by atoms with van der Waals surface area (Å²) in [6.07, 6.45) is 2.25. The molecule has 3 rings (SSSR count). The van der Waals surface area contributed by atoms with Gasteiger partial charge in [-0.05, 0) is 36.8 Å². The van der Waals surface area contributed by atoms with E-state index in [1.165, 1.54) is 46.5 Å². The number of pyridine rings is 1. The molecule has 1 aliphatic heterocycles. The summed E-state index contributed by atoms with van der Waals surface area (Å²) < 4.78 is 13.5. The van der Waals surface area contributed by atoms with Crippen LogP contribution >= 0.6 is 0 Å². The highest BCUT2D eigenvalue weighted by Gasteiger charge is 2.40. The van der Waals surface area contributed by atoms with E-state index >= 15 is 0 Å². The molecule has 2 aromatic rings. The second-order valence-corrected chi connectivity index (χ2v) is 6.68. The number of nitrogens with zero attached hydrogens (tertiary/aromatic N) is 3. The van der Waals surface area contributed by atoms with Crippen molar-refractivity contribution in [3.05, 3.63) is 60.2 Å². The molecule has 1 aliphatic rings. The van der Waals surface area contributed by atoms with Crippen LogP contribution in [0, 0.1) is 5.82 Å². The first-order valence-corrected chi connectivity index (χ1v) is 9.53. The van der Waals surface area contributed by atoms with Gasteiger partial charge in [-0.25, -0.2) is 9.18 Å². The van der Waals surface area contributed by atoms with E-state index in [9.17, 15) is 18.8 Å². The van der Waals surface area contributed by atoms with Crippen LogP contribution in [0.15, 0.2) is 48.8 Å². The van der Waals surface area contributed by atoms with Crippen LogP contribution in [-0.4, -0.2) is 65.0 Å². The van der Waals surface area contributed by atoms with Crippen LogP contribution in [0.3, 0.4) is 0 Å². The maximum atomic E-state index is 13.5. The van der Waals surface area contributed by atoms with Crippen molar-refractivity contribution in [3.8, 4) is 0 Å². The van der Waals surface area contributed by atoms with Crippen LogP contribution < -0.4 is 16.4 Å². The summed E-state index contributed by atoms with van der Waals surface area (Å²) in [5.74, 6) is -1.44. The quantitative estimate of drug-likeness (QED) is 0.674. The standard InChI is InChI=1S/C20H23FN6O3/c21-15-5-1-6-16(12-15)25-20(30)27-11-3-10-26(18(27)17(28)24-9-7-22)19(29)14-4-2-8-23-13-14/h1-2,4-6,8,12-13,18H,3,7,9-11,22H2,(H,24,28)(H,25,30). The Bertz CT molecular complexity index is 910. The lowest BCUT2D eigenvalue weighted by atomic mass is 10.1. The fourth-order valence-corrected chi connectivity index (χ4v) is 3.24. The minimum absolute atomic E-state index is 0.198. The van der Waals surface area contributed by atoms with Gasteiger partial charge in [0.2, 0.25) is 0 Å². The molecule has 1 aromatic heterocycles. The Morgan fingerprint density at radius 2 is 1.97 bits per heavy atom. The number of hydrogen-bond acceptors (Lipinski definition) is 5. The molecule has 158 valence electrons. The maximum Gasteiger partial charge on any atom is 0.323 e. The molecule has 1 saturated heterocycles. The number of hydrogen-bond donors (Lipinski definition) is 3. The predicted octanol–water partition coefficient (Wildman–Crippen LogP) is 1.00. The fourth-order valence-electron chi connectivity index (χ4n) is 3.24. The highest BCUT2D eigenvalue weighted by molar-refractivity contribution is 6.00. The minimum Gasteiger partial charge on any atom is -0.351 e. The van der Waals surface area contributed by atoms with E-state index in [2.05, 4.69) is 15.6 Å². The van der Waals surface area contributed by atoms with E-state index in [1.54, 1.807) is 12.1 Å². The molecule has 1 fully saturated rings. The van der Waals surface area contributed by atoms with Crippen LogP contribution in [0.1, 0.15) is 16.8 Å². The number of carbonyl (C=O) groups excluding carboxylic acids is 3. The lowest BCUT2D eigenvalue weighted by molar-refractivity contribution is -0.132. The van der Waals surface area contributed by atoms with Crippen molar-refractivity contribution in [1.29, 1.82) is 0 Å². The summed E-state index contributed by atoms with van der Waals surface area (Å²) in [5, 5.41) is 5.23. The first-order chi connectivity index (χ1) is 14.5. The molecule has 0 saturated carbocycles. The number of anilines is 1. The monoisotopic (exact) mass is 414 g/mol. The lowest BCUT2D eigenvalue weighted by Gasteiger charge is -2.42. The van der Waals surface area contributed by atoms with Crippen LogP contribution in [-0.2, 0) is 4.79 Å². The molecule has 4 N–H and O–H groups in total. The second-order valence-electron chi connectivity index (χ2n) is 6.68. The second kappa shape index (κ2) is 9.79. The van der Waals surface area contributed by atoms with Gasteiger partial charge in [0.15, 0.2) is 6.17 Å². The van der Waals surface area contributed by atoms with Gasteiger partial charge in [0.25, 0.3) is 11.8 Å². The summed E-state index contributed by atoms with van der Waals surface area (Å²) in [6.45, 7) is 0.949. The predicted molar refractivity (Wildman–Crippen MR) is 108 cm³/mol. The van der Waals surface area contributed by atoms with Gasteiger partial charge >= 0.3 is 6.03 Å². The first kappa shape index (κ1) is 21.2. The average Bonchev–Trinajstić information content (AvgIpc) is 2.77. The topological polar surface area (TPSA) is 121 Å². The van der Waals surface area contributed by atoms with Crippen LogP contribution in [0.25, 0.3) is 0 Å². The third kappa shape index (κ3) is 4.90. The smallest absolute Gasteiger partial charge is 0.323 e. The van der Waals surface area contributed by atoms with Gasteiger partial charge in [-0.2, -0.15) is 0 Å². The fraction of sp³-hybridized carbons (Fsp3) is 0.300. The highest BCUT2D eigenvalue weighted by Crippen LogP contribution is 2.20. The molecule has 0 radical (unpaired) electrons. The number of aromatic nitrogens is 1. The van der Waals surface area contributed by atoms with Crippen LogP contribution in [0.4, 0.5) is 14.9 Å². The van der Waals surface area contributed by atoms with Crippen molar-refractivity contribution in [1.82, 2.24) is 20.1 Å². The number of carbonyl (C=O) groups is 3. The molecule has 1 aromatic carbocycles. The summed E-state index contributed by atoms with van der Waals surface area (Å²) in [4.78, 5) is 45.3. The molecular formula is C20H23FN6O3. The zero-order valence-corrected chi connectivity index (χ0v) is 16.3. The highest BCUT2D eigenvalue weighted by atomic mass is 19.1. The zero-order chi connectivity index (χ0) is 21.5. The Morgan fingerprint density at radius 1 is 1.17 bits per heavy atom. The molecule has 0 spiro atoms. The number of amides is 4. The zero-order valence-electron chi connectivity index (χ0n) is 16.3. The molecule has 1 unspecified atom stereocenters. The van der Waals surface area contributed by atoms with Gasteiger partial charge < -0.3 is 21.3 Å². The van der Waals surface area contributed by atoms with Crippen molar-refractivity contribution >= 4 is 23.5 Å². The molecule has 10 heteroatoms. The third-order valence-corrected chi connectivity index (χ3v) is 4.57. The molecule has 30 heavy (non-hydrogen) atoms. The summed E-state index contributed by atoms with van der Waals surface area (Å²) in [5.41, 5.74) is 6.02. The number of nitrogens with two attached hydrogens (primary N) is 1. The van der Waals surface area contributed by atoms with Crippen LogP contribution in [0.5, 0.6) is 0 Å². The van der Waals surface area contributed by atoms with Crippen molar-refractivity contribution in [2.75, 3.05) is 31.5 Å². The van der Waals surface area contributed by atoms with Crippen LogP contribution in [0.2, 0.25) is 0 Å². The molecule has 2 heterocycles. The number of rotatable bonds is 5. The van der Waals surface area contributed by atoms with Gasteiger partial charge in [0, 0.05) is 44.3 Å². The van der Waals surface area contributed by atoms with E-state index in [0.717, 1.165) is 0 Å². The van der Waals surface area contributed by atoms with E-state index < -0.39 is 29.8 Å². The summed E-state index contributed by atoms with van der Waals surface area (Å²) >= 11 is 0. The Kier molecular flexibility index (Phi) is 6.91. The Labute approximate surface area is 173 Å². The van der Waals surface area contributed by atoms with Crippen molar-refractivity contribution in [2.45, 2.75) is 12.6 Å². The lowest BCUT2D eigenvalue weighted by Crippen LogP contribution is -2.64. The number of benzene rings is 1. The normalized spacial score (nSPS) is 16.1. The number of halogens is 1. The summed E-state index contributed by atoms with van der Waals surface area (Å²) in [6, 6.07) is 8.03. The summed E-state index contributed by atoms with van der Waals surface area (Å²) in [7, 11) is 0. The van der Waals surface area contributed by atoms with E-state index in [-0.39, 0.29) is 31.9 Å². The van der Waals surface area contributed by atoms with Crippen molar-refractivity contribution in [3.63, 3.8) is 0 Å². The Morgan fingerprint density at radius 3 is 2.67 bits per heavy atom. The Hall–Kier alpha value is -3.53. The Balaban J connectivity index is 1.87. The van der Waals surface area contributed by atoms with Gasteiger partial charge in [-0.1, -0.05) is 6.07 Å². The van der Waals surface area contributed by atoms with E-state index in [0.29, 0.717) is 12.0 Å². The number of nitrogens with one attached hydrogen (secondary N) is 2. The SMILES string of the molecule is NCCNC(=O)C1N(C(=O)Nc2cccc(F)c2)CCCN1C(=O)c1cccnc1. The van der Waals surface area contributed by atoms with Crippen molar-refractivity contribution < 1.29 is 18.8 Å².